The smallest absolute Gasteiger partial charge is 0.321 e. The Morgan fingerprint density at radius 2 is 2.19 bits per heavy atom. The Morgan fingerprint density at radius 3 is 2.81 bits per heavy atom. The minimum absolute atomic E-state index is 0.101. The number of aromatic nitrogens is 5. The van der Waals surface area contributed by atoms with E-state index in [9.17, 15) is 0 Å². The van der Waals surface area contributed by atoms with Gasteiger partial charge in [-0.25, -0.2) is 4.98 Å². The normalized spacial score (nSPS) is 10.4. The number of ether oxygens (including phenoxy) is 1. The molecule has 0 N–H and O–H groups in total. The van der Waals surface area contributed by atoms with Gasteiger partial charge < -0.3 is 9.30 Å². The van der Waals surface area contributed by atoms with Crippen molar-refractivity contribution in [3.8, 4) is 6.01 Å². The van der Waals surface area contributed by atoms with Crippen molar-refractivity contribution in [3.63, 3.8) is 0 Å². The highest BCUT2D eigenvalue weighted by Gasteiger charge is 2.09. The lowest BCUT2D eigenvalue weighted by molar-refractivity contribution is 0.373. The molecule has 6 nitrogen and oxygen atoms in total. The molecule has 0 spiro atoms. The maximum atomic E-state index is 5.73. The second kappa shape index (κ2) is 4.67. The van der Waals surface area contributed by atoms with Crippen molar-refractivity contribution in [2.24, 2.45) is 7.05 Å². The quantitative estimate of drug-likeness (QED) is 0.829. The van der Waals surface area contributed by atoms with Crippen LogP contribution in [0.25, 0.3) is 0 Å². The summed E-state index contributed by atoms with van der Waals surface area (Å²) in [7, 11) is 3.36. The standard InChI is InChI=1S/C8H8ClN5OS/c1-14-4-3-10-8(14)16-7-12-5(9)11-6(13-7)15-2/h3-4H,1-2H3. The zero-order valence-electron chi connectivity index (χ0n) is 8.59. The van der Waals surface area contributed by atoms with E-state index in [1.54, 1.807) is 6.20 Å². The van der Waals surface area contributed by atoms with Crippen LogP contribution in [0.4, 0.5) is 0 Å². The number of halogens is 1. The van der Waals surface area contributed by atoms with E-state index in [1.165, 1.54) is 18.9 Å². The Bertz CT molecular complexity index is 503. The monoisotopic (exact) mass is 257 g/mol. The first-order valence-corrected chi connectivity index (χ1v) is 5.49. The summed E-state index contributed by atoms with van der Waals surface area (Å²) in [5, 5.41) is 1.32. The lowest BCUT2D eigenvalue weighted by atomic mass is 10.9. The van der Waals surface area contributed by atoms with Gasteiger partial charge in [0.05, 0.1) is 7.11 Å². The van der Waals surface area contributed by atoms with Crippen LogP contribution in [0.1, 0.15) is 0 Å². The summed E-state index contributed by atoms with van der Waals surface area (Å²) in [6, 6.07) is 0.191. The summed E-state index contributed by atoms with van der Waals surface area (Å²) < 4.78 is 6.75. The number of rotatable bonds is 3. The van der Waals surface area contributed by atoms with Crippen LogP contribution in [0.5, 0.6) is 6.01 Å². The van der Waals surface area contributed by atoms with E-state index in [1.807, 2.05) is 17.8 Å². The molecule has 2 aromatic rings. The van der Waals surface area contributed by atoms with Gasteiger partial charge in [-0.05, 0) is 23.4 Å². The second-order valence-electron chi connectivity index (χ2n) is 2.80. The molecule has 8 heteroatoms. The fourth-order valence-electron chi connectivity index (χ4n) is 0.984. The van der Waals surface area contributed by atoms with Crippen LogP contribution in [-0.2, 0) is 7.05 Å². The van der Waals surface area contributed by atoms with Crippen molar-refractivity contribution in [2.45, 2.75) is 10.3 Å². The van der Waals surface area contributed by atoms with Crippen molar-refractivity contribution in [2.75, 3.05) is 7.11 Å². The average Bonchev–Trinajstić information content (AvgIpc) is 2.63. The highest BCUT2D eigenvalue weighted by molar-refractivity contribution is 7.99. The second-order valence-corrected chi connectivity index (χ2v) is 4.07. The van der Waals surface area contributed by atoms with Crippen molar-refractivity contribution in [1.82, 2.24) is 24.5 Å². The molecule has 0 bridgehead atoms. The minimum atomic E-state index is 0.101. The maximum absolute atomic E-state index is 5.73. The molecule has 0 aliphatic heterocycles. The van der Waals surface area contributed by atoms with Gasteiger partial charge in [0.25, 0.3) is 0 Å². The minimum Gasteiger partial charge on any atom is -0.467 e. The zero-order valence-corrected chi connectivity index (χ0v) is 10.2. The van der Waals surface area contributed by atoms with Crippen LogP contribution in [0, 0.1) is 0 Å². The fourth-order valence-corrected chi connectivity index (χ4v) is 1.92. The van der Waals surface area contributed by atoms with Gasteiger partial charge in [-0.1, -0.05) is 0 Å². The Hall–Kier alpha value is -1.34. The molecule has 0 aromatic carbocycles. The molecule has 84 valence electrons. The molecule has 0 aliphatic carbocycles. The van der Waals surface area contributed by atoms with Gasteiger partial charge in [0.1, 0.15) is 0 Å². The zero-order chi connectivity index (χ0) is 11.5. The molecular formula is C8H8ClN5OS. The molecule has 0 saturated carbocycles. The fraction of sp³-hybridized carbons (Fsp3) is 0.250. The number of aryl methyl sites for hydroxylation is 1. The van der Waals surface area contributed by atoms with Crippen molar-refractivity contribution in [3.05, 3.63) is 17.7 Å². The van der Waals surface area contributed by atoms with E-state index < -0.39 is 0 Å². The Balaban J connectivity index is 2.28. The van der Waals surface area contributed by atoms with Crippen molar-refractivity contribution in [1.29, 1.82) is 0 Å². The highest BCUT2D eigenvalue weighted by atomic mass is 35.5. The van der Waals surface area contributed by atoms with Gasteiger partial charge in [-0.15, -0.1) is 0 Å². The first-order chi connectivity index (χ1) is 7.69. The molecule has 0 amide bonds. The van der Waals surface area contributed by atoms with E-state index in [2.05, 4.69) is 19.9 Å². The maximum Gasteiger partial charge on any atom is 0.321 e. The Labute approximate surface area is 101 Å². The molecule has 2 rings (SSSR count). The molecular weight excluding hydrogens is 250 g/mol. The Morgan fingerprint density at radius 1 is 1.38 bits per heavy atom. The van der Waals surface area contributed by atoms with Crippen LogP contribution in [0.3, 0.4) is 0 Å². The summed E-state index contributed by atoms with van der Waals surface area (Å²) in [4.78, 5) is 15.9. The molecule has 2 aromatic heterocycles. The third-order valence-electron chi connectivity index (χ3n) is 1.71. The third kappa shape index (κ3) is 2.42. The number of imidazole rings is 1. The van der Waals surface area contributed by atoms with Gasteiger partial charge in [-0.2, -0.15) is 15.0 Å². The predicted molar refractivity (Wildman–Crippen MR) is 58.7 cm³/mol. The lowest BCUT2D eigenvalue weighted by Crippen LogP contribution is -1.98. The summed E-state index contributed by atoms with van der Waals surface area (Å²) in [5.74, 6) is 0. The Kier molecular flexibility index (Phi) is 3.25. The highest BCUT2D eigenvalue weighted by Crippen LogP contribution is 2.24. The number of nitrogens with zero attached hydrogens (tertiary/aromatic N) is 5. The number of hydrogen-bond acceptors (Lipinski definition) is 6. The van der Waals surface area contributed by atoms with E-state index >= 15 is 0 Å². The van der Waals surface area contributed by atoms with Crippen LogP contribution < -0.4 is 4.74 Å². The topological polar surface area (TPSA) is 65.7 Å². The number of methoxy groups -OCH3 is 1. The van der Waals surface area contributed by atoms with Gasteiger partial charge in [0, 0.05) is 19.4 Å². The van der Waals surface area contributed by atoms with E-state index in [-0.39, 0.29) is 11.3 Å². The van der Waals surface area contributed by atoms with Crippen molar-refractivity contribution >= 4 is 23.4 Å². The van der Waals surface area contributed by atoms with Crippen LogP contribution in [-0.4, -0.2) is 31.6 Å². The van der Waals surface area contributed by atoms with Crippen LogP contribution in [0.2, 0.25) is 5.28 Å². The predicted octanol–water partition coefficient (Wildman–Crippen LogP) is 1.42. The van der Waals surface area contributed by atoms with Crippen LogP contribution >= 0.6 is 23.4 Å². The van der Waals surface area contributed by atoms with Gasteiger partial charge in [-0.3, -0.25) is 0 Å². The molecule has 0 unspecified atom stereocenters. The van der Waals surface area contributed by atoms with Crippen LogP contribution in [0.15, 0.2) is 22.7 Å². The summed E-state index contributed by atoms with van der Waals surface area (Å²) in [5.41, 5.74) is 0. The average molecular weight is 258 g/mol. The van der Waals surface area contributed by atoms with E-state index in [4.69, 9.17) is 16.3 Å². The van der Waals surface area contributed by atoms with Gasteiger partial charge >= 0.3 is 6.01 Å². The molecule has 0 fully saturated rings. The molecule has 16 heavy (non-hydrogen) atoms. The van der Waals surface area contributed by atoms with Crippen molar-refractivity contribution < 1.29 is 4.74 Å². The molecule has 0 saturated heterocycles. The largest absolute Gasteiger partial charge is 0.467 e. The summed E-state index contributed by atoms with van der Waals surface area (Å²) in [6.07, 6.45) is 3.53. The third-order valence-corrected chi connectivity index (χ3v) is 2.82. The molecule has 0 atom stereocenters. The number of hydrogen-bond donors (Lipinski definition) is 0. The first-order valence-electron chi connectivity index (χ1n) is 4.30. The van der Waals surface area contributed by atoms with E-state index in [0.29, 0.717) is 5.16 Å². The lowest BCUT2D eigenvalue weighted by Gasteiger charge is -2.02. The summed E-state index contributed by atoms with van der Waals surface area (Å²) >= 11 is 7.02. The van der Waals surface area contributed by atoms with Gasteiger partial charge in [0.2, 0.25) is 10.4 Å². The molecule has 2 heterocycles. The molecule has 0 aliphatic rings. The van der Waals surface area contributed by atoms with E-state index in [0.717, 1.165) is 5.16 Å². The first kappa shape index (κ1) is 11.2. The van der Waals surface area contributed by atoms with Gasteiger partial charge in [0.15, 0.2) is 5.16 Å². The summed E-state index contributed by atoms with van der Waals surface area (Å²) in [6.45, 7) is 0. The SMILES string of the molecule is COc1nc(Cl)nc(Sc2nccn2C)n1. The molecule has 0 radical (unpaired) electrons.